The van der Waals surface area contributed by atoms with E-state index in [4.69, 9.17) is 0 Å². The van der Waals surface area contributed by atoms with Crippen LogP contribution in [0.25, 0.3) is 12.2 Å². The average Bonchev–Trinajstić information content (AvgIpc) is 2.58. The molecule has 0 N–H and O–H groups in total. The number of carbonyl (C=O) groups is 2. The van der Waals surface area contributed by atoms with Gasteiger partial charge in [-0.1, -0.05) is 24.3 Å². The number of hydrogen-bond donors (Lipinski definition) is 0. The van der Waals surface area contributed by atoms with Gasteiger partial charge in [0.2, 0.25) is 5.91 Å². The lowest BCUT2D eigenvalue weighted by molar-refractivity contribution is -0.129. The normalized spacial score (nSPS) is 17.8. The van der Waals surface area contributed by atoms with E-state index in [9.17, 15) is 18.4 Å². The zero-order valence-electron chi connectivity index (χ0n) is 14.2. The Morgan fingerprint density at radius 2 is 1.38 bits per heavy atom. The first-order chi connectivity index (χ1) is 12.4. The van der Waals surface area contributed by atoms with Crippen molar-refractivity contribution in [2.75, 3.05) is 13.1 Å². The van der Waals surface area contributed by atoms with Crippen molar-refractivity contribution in [3.05, 3.63) is 82.4 Å². The molecule has 1 saturated heterocycles. The van der Waals surface area contributed by atoms with Gasteiger partial charge in [-0.25, -0.2) is 8.78 Å². The molecule has 0 atom stereocenters. The van der Waals surface area contributed by atoms with Crippen molar-refractivity contribution in [2.45, 2.75) is 6.92 Å². The van der Waals surface area contributed by atoms with Crippen LogP contribution >= 0.6 is 0 Å². The number of carbonyl (C=O) groups excluding carboxylic acids is 2. The molecule has 1 aliphatic heterocycles. The van der Waals surface area contributed by atoms with Crippen LogP contribution < -0.4 is 0 Å². The standard InChI is InChI=1S/C21H17F2NO2/c1-14(25)24-12-17(8-15-4-2-6-19(22)10-15)21(26)18(13-24)9-16-5-3-7-20(23)11-16/h2-11H,12-13H2,1H3/b17-8+,18-9+. The molecule has 3 nitrogen and oxygen atoms in total. The molecule has 0 spiro atoms. The van der Waals surface area contributed by atoms with Crippen molar-refractivity contribution in [1.29, 1.82) is 0 Å². The van der Waals surface area contributed by atoms with Crippen LogP contribution in [0.2, 0.25) is 0 Å². The van der Waals surface area contributed by atoms with Crippen molar-refractivity contribution < 1.29 is 18.4 Å². The molecule has 26 heavy (non-hydrogen) atoms. The third kappa shape index (κ3) is 4.11. The first kappa shape index (κ1) is 17.7. The molecule has 1 heterocycles. The van der Waals surface area contributed by atoms with Gasteiger partial charge < -0.3 is 4.90 Å². The summed E-state index contributed by atoms with van der Waals surface area (Å²) in [6, 6.07) is 11.8. The lowest BCUT2D eigenvalue weighted by Crippen LogP contribution is -2.40. The second-order valence-electron chi connectivity index (χ2n) is 6.15. The van der Waals surface area contributed by atoms with Gasteiger partial charge in [-0.3, -0.25) is 9.59 Å². The highest BCUT2D eigenvalue weighted by Gasteiger charge is 2.27. The van der Waals surface area contributed by atoms with E-state index < -0.39 is 11.6 Å². The zero-order chi connectivity index (χ0) is 18.7. The molecular weight excluding hydrogens is 336 g/mol. The zero-order valence-corrected chi connectivity index (χ0v) is 14.2. The van der Waals surface area contributed by atoms with Gasteiger partial charge in [-0.05, 0) is 47.5 Å². The predicted octanol–water partition coefficient (Wildman–Crippen LogP) is 3.86. The number of piperidine rings is 1. The van der Waals surface area contributed by atoms with E-state index in [1.807, 2.05) is 0 Å². The molecule has 0 aromatic heterocycles. The number of likely N-dealkylation sites (tertiary alicyclic amines) is 1. The van der Waals surface area contributed by atoms with Crippen LogP contribution in [0.5, 0.6) is 0 Å². The van der Waals surface area contributed by atoms with E-state index in [1.165, 1.54) is 36.1 Å². The molecule has 132 valence electrons. The highest BCUT2D eigenvalue weighted by molar-refractivity contribution is 6.15. The lowest BCUT2D eigenvalue weighted by Gasteiger charge is -2.29. The minimum atomic E-state index is -0.401. The third-order valence-electron chi connectivity index (χ3n) is 4.13. The molecular formula is C21H17F2NO2. The predicted molar refractivity (Wildman–Crippen MR) is 96.0 cm³/mol. The van der Waals surface area contributed by atoms with E-state index in [0.29, 0.717) is 22.3 Å². The van der Waals surface area contributed by atoms with Gasteiger partial charge >= 0.3 is 0 Å². The van der Waals surface area contributed by atoms with Gasteiger partial charge in [0.15, 0.2) is 5.78 Å². The SMILES string of the molecule is CC(=O)N1C/C(=C\c2cccc(F)c2)C(=O)/C(=C/c2cccc(F)c2)C1. The molecule has 1 amide bonds. The van der Waals surface area contributed by atoms with Gasteiger partial charge in [-0.15, -0.1) is 0 Å². The maximum Gasteiger partial charge on any atom is 0.220 e. The number of halogens is 2. The molecule has 0 saturated carbocycles. The van der Waals surface area contributed by atoms with Crippen LogP contribution in [0.1, 0.15) is 18.1 Å². The highest BCUT2D eigenvalue weighted by Crippen LogP contribution is 2.22. The molecule has 1 fully saturated rings. The number of amides is 1. The Labute approximate surface area is 150 Å². The Morgan fingerprint density at radius 1 is 0.923 bits per heavy atom. The summed E-state index contributed by atoms with van der Waals surface area (Å²) >= 11 is 0. The summed E-state index contributed by atoms with van der Waals surface area (Å²) < 4.78 is 26.8. The van der Waals surface area contributed by atoms with E-state index in [0.717, 1.165) is 0 Å². The van der Waals surface area contributed by atoms with Gasteiger partial charge in [0.1, 0.15) is 11.6 Å². The van der Waals surface area contributed by atoms with Gasteiger partial charge in [-0.2, -0.15) is 0 Å². The summed E-state index contributed by atoms with van der Waals surface area (Å²) in [6.45, 7) is 1.74. The summed E-state index contributed by atoms with van der Waals surface area (Å²) in [5, 5.41) is 0. The molecule has 0 unspecified atom stereocenters. The first-order valence-electron chi connectivity index (χ1n) is 8.15. The topological polar surface area (TPSA) is 37.4 Å². The van der Waals surface area contributed by atoms with Crippen molar-refractivity contribution >= 4 is 23.8 Å². The van der Waals surface area contributed by atoms with Gasteiger partial charge in [0.25, 0.3) is 0 Å². The second-order valence-corrected chi connectivity index (χ2v) is 6.15. The monoisotopic (exact) mass is 353 g/mol. The van der Waals surface area contributed by atoms with Crippen LogP contribution in [0.4, 0.5) is 8.78 Å². The molecule has 2 aromatic carbocycles. The summed E-state index contributed by atoms with van der Waals surface area (Å²) in [4.78, 5) is 26.2. The summed E-state index contributed by atoms with van der Waals surface area (Å²) in [5.41, 5.74) is 1.87. The minimum Gasteiger partial charge on any atom is -0.334 e. The Bertz CT molecular complexity index is 864. The maximum absolute atomic E-state index is 13.4. The highest BCUT2D eigenvalue weighted by atomic mass is 19.1. The summed E-state index contributed by atoms with van der Waals surface area (Å²) in [6.07, 6.45) is 3.17. The number of nitrogens with zero attached hydrogens (tertiary/aromatic N) is 1. The van der Waals surface area contributed by atoms with Crippen LogP contribution in [0, 0.1) is 11.6 Å². The molecule has 0 radical (unpaired) electrons. The Hall–Kier alpha value is -3.08. The van der Waals surface area contributed by atoms with Crippen molar-refractivity contribution in [3.63, 3.8) is 0 Å². The Morgan fingerprint density at radius 3 is 1.77 bits per heavy atom. The largest absolute Gasteiger partial charge is 0.334 e. The molecule has 2 aromatic rings. The first-order valence-corrected chi connectivity index (χ1v) is 8.15. The lowest BCUT2D eigenvalue weighted by atomic mass is 9.94. The van der Waals surface area contributed by atoms with E-state index >= 15 is 0 Å². The maximum atomic E-state index is 13.4. The van der Waals surface area contributed by atoms with Crippen LogP contribution in [-0.4, -0.2) is 29.7 Å². The van der Waals surface area contributed by atoms with Crippen molar-refractivity contribution in [2.24, 2.45) is 0 Å². The smallest absolute Gasteiger partial charge is 0.220 e. The van der Waals surface area contributed by atoms with Crippen LogP contribution in [0.15, 0.2) is 59.7 Å². The molecule has 5 heteroatoms. The molecule has 3 rings (SSSR count). The fourth-order valence-electron chi connectivity index (χ4n) is 2.86. The van der Waals surface area contributed by atoms with Gasteiger partial charge in [0, 0.05) is 31.2 Å². The quantitative estimate of drug-likeness (QED) is 0.769. The number of rotatable bonds is 2. The van der Waals surface area contributed by atoms with Crippen LogP contribution in [-0.2, 0) is 9.59 Å². The van der Waals surface area contributed by atoms with E-state index in [1.54, 1.807) is 36.4 Å². The third-order valence-corrected chi connectivity index (χ3v) is 4.13. The molecule has 0 aliphatic carbocycles. The summed E-state index contributed by atoms with van der Waals surface area (Å²) in [7, 11) is 0. The minimum absolute atomic E-state index is 0.158. The van der Waals surface area contributed by atoms with Crippen molar-refractivity contribution in [1.82, 2.24) is 4.90 Å². The fraction of sp³-hybridized carbons (Fsp3) is 0.143. The number of benzene rings is 2. The molecule has 0 bridgehead atoms. The number of Topliss-reactive ketones (excluding diaryl/α,β-unsaturated/α-hetero) is 1. The number of hydrogen-bond acceptors (Lipinski definition) is 2. The number of ketones is 1. The Balaban J connectivity index is 2.00. The van der Waals surface area contributed by atoms with Gasteiger partial charge in [0.05, 0.1) is 0 Å². The fourth-order valence-corrected chi connectivity index (χ4v) is 2.86. The average molecular weight is 353 g/mol. The summed E-state index contributed by atoms with van der Waals surface area (Å²) in [5.74, 6) is -1.20. The molecule has 1 aliphatic rings. The van der Waals surface area contributed by atoms with E-state index in [2.05, 4.69) is 0 Å². The Kier molecular flexibility index (Phi) is 5.07. The van der Waals surface area contributed by atoms with Crippen LogP contribution in [0.3, 0.4) is 0 Å². The second kappa shape index (κ2) is 7.44. The van der Waals surface area contributed by atoms with Crippen molar-refractivity contribution in [3.8, 4) is 0 Å². The van der Waals surface area contributed by atoms with E-state index in [-0.39, 0.29) is 24.8 Å².